The van der Waals surface area contributed by atoms with E-state index in [-0.39, 0.29) is 22.1 Å². The first-order valence-electron chi connectivity index (χ1n) is 11.4. The minimum Gasteiger partial charge on any atom is -0.366 e. The van der Waals surface area contributed by atoms with Gasteiger partial charge in [-0.3, -0.25) is 4.79 Å². The number of Topliss-reactive ketones (excluding diaryl/α,β-unsaturated/α-hetero) is 1. The number of hydrogen-bond donors (Lipinski definition) is 1. The van der Waals surface area contributed by atoms with Gasteiger partial charge in [-0.2, -0.15) is 18.4 Å². The number of nitrogens with one attached hydrogen (secondary N) is 1. The summed E-state index contributed by atoms with van der Waals surface area (Å²) in [6, 6.07) is 15.1. The molecule has 1 atom stereocenters. The lowest BCUT2D eigenvalue weighted by atomic mass is 9.71. The number of carbonyl (C=O) groups excluding carboxylic acids is 1. The van der Waals surface area contributed by atoms with Crippen molar-refractivity contribution >= 4 is 21.5 Å². The molecule has 2 aromatic carbocycles. The first-order valence-corrected chi connectivity index (χ1v) is 12.9. The fourth-order valence-electron chi connectivity index (χ4n) is 5.33. The average Bonchev–Trinajstić information content (AvgIpc) is 2.76. The Bertz CT molecular complexity index is 1290. The SMILES string of the molecule is Cc1ccc(S(=O)(=O)N/N=C2/C[C@@H]3c4ccccc4CCN3C3=C2C(=O)CC(C)(C)C3)cc1. The van der Waals surface area contributed by atoms with E-state index >= 15 is 0 Å². The highest BCUT2D eigenvalue weighted by Crippen LogP contribution is 2.47. The van der Waals surface area contributed by atoms with Crippen LogP contribution in [0.15, 0.2) is 69.8 Å². The van der Waals surface area contributed by atoms with Crippen molar-refractivity contribution in [1.29, 1.82) is 0 Å². The number of fused-ring (bicyclic) bond motifs is 4. The molecule has 33 heavy (non-hydrogen) atoms. The van der Waals surface area contributed by atoms with Crippen LogP contribution >= 0.6 is 0 Å². The zero-order chi connectivity index (χ0) is 23.4. The summed E-state index contributed by atoms with van der Waals surface area (Å²) in [5, 5.41) is 4.37. The van der Waals surface area contributed by atoms with Crippen molar-refractivity contribution in [2.24, 2.45) is 10.5 Å². The zero-order valence-electron chi connectivity index (χ0n) is 19.3. The predicted octanol–water partition coefficient (Wildman–Crippen LogP) is 4.28. The van der Waals surface area contributed by atoms with Gasteiger partial charge in [-0.25, -0.2) is 0 Å². The van der Waals surface area contributed by atoms with Crippen LogP contribution in [0.4, 0.5) is 0 Å². The molecule has 6 nitrogen and oxygen atoms in total. The first-order chi connectivity index (χ1) is 15.6. The largest absolute Gasteiger partial charge is 0.366 e. The van der Waals surface area contributed by atoms with Crippen LogP contribution in [0.5, 0.6) is 0 Å². The molecule has 7 heteroatoms. The van der Waals surface area contributed by atoms with Gasteiger partial charge in [0.2, 0.25) is 0 Å². The fourth-order valence-corrected chi connectivity index (χ4v) is 6.16. The van der Waals surface area contributed by atoms with E-state index in [4.69, 9.17) is 0 Å². The zero-order valence-corrected chi connectivity index (χ0v) is 20.1. The van der Waals surface area contributed by atoms with Gasteiger partial charge in [0.15, 0.2) is 5.78 Å². The van der Waals surface area contributed by atoms with Crippen molar-refractivity contribution in [1.82, 2.24) is 9.73 Å². The Balaban J connectivity index is 1.57. The van der Waals surface area contributed by atoms with Crippen molar-refractivity contribution in [3.63, 3.8) is 0 Å². The summed E-state index contributed by atoms with van der Waals surface area (Å²) in [5.74, 6) is 0.0480. The second-order valence-corrected chi connectivity index (χ2v) is 11.8. The van der Waals surface area contributed by atoms with E-state index < -0.39 is 10.0 Å². The molecule has 2 aliphatic heterocycles. The highest BCUT2D eigenvalue weighted by molar-refractivity contribution is 7.89. The van der Waals surface area contributed by atoms with E-state index in [1.165, 1.54) is 11.1 Å². The normalized spacial score (nSPS) is 23.1. The van der Waals surface area contributed by atoms with Gasteiger partial charge in [-0.05, 0) is 48.4 Å². The summed E-state index contributed by atoms with van der Waals surface area (Å²) >= 11 is 0. The summed E-state index contributed by atoms with van der Waals surface area (Å²) in [7, 11) is -3.83. The van der Waals surface area contributed by atoms with Gasteiger partial charge < -0.3 is 4.90 Å². The Morgan fingerprint density at radius 2 is 1.79 bits per heavy atom. The molecule has 0 fully saturated rings. The average molecular weight is 464 g/mol. The third kappa shape index (κ3) is 3.99. The number of carbonyl (C=O) groups is 1. The van der Waals surface area contributed by atoms with Gasteiger partial charge in [0.05, 0.1) is 22.2 Å². The van der Waals surface area contributed by atoms with Crippen LogP contribution in [-0.4, -0.2) is 31.4 Å². The van der Waals surface area contributed by atoms with Gasteiger partial charge in [-0.1, -0.05) is 55.8 Å². The quantitative estimate of drug-likeness (QED) is 0.690. The highest BCUT2D eigenvalue weighted by Gasteiger charge is 2.44. The monoisotopic (exact) mass is 463 g/mol. The summed E-state index contributed by atoms with van der Waals surface area (Å²) in [5.41, 5.74) is 5.55. The van der Waals surface area contributed by atoms with Crippen molar-refractivity contribution in [2.45, 2.75) is 57.4 Å². The summed E-state index contributed by atoms with van der Waals surface area (Å²) in [6.45, 7) is 7.00. The number of benzene rings is 2. The maximum absolute atomic E-state index is 13.3. The third-order valence-electron chi connectivity index (χ3n) is 6.92. The van der Waals surface area contributed by atoms with Crippen LogP contribution in [-0.2, 0) is 21.2 Å². The first kappa shape index (κ1) is 21.9. The Hall–Kier alpha value is -2.93. The standard InChI is InChI=1S/C26H29N3O3S/c1-17-8-10-19(11-9-17)33(31,32)28-27-21-14-22-20-7-5-4-6-18(20)12-13-29(22)23-15-26(2,3)16-24(30)25(21)23/h4-11,22,28H,12-16H2,1-3H3/b27-21-/t22-/m1/s1. The van der Waals surface area contributed by atoms with Crippen LogP contribution in [0.2, 0.25) is 0 Å². The van der Waals surface area contributed by atoms with Crippen LogP contribution in [0.3, 0.4) is 0 Å². The van der Waals surface area contributed by atoms with Gasteiger partial charge in [0.1, 0.15) is 0 Å². The van der Waals surface area contributed by atoms with Crippen molar-refractivity contribution in [2.75, 3.05) is 6.54 Å². The molecule has 5 rings (SSSR count). The van der Waals surface area contributed by atoms with E-state index in [1.807, 2.05) is 13.0 Å². The van der Waals surface area contributed by atoms with E-state index in [2.05, 4.69) is 46.9 Å². The third-order valence-corrected chi connectivity index (χ3v) is 8.14. The van der Waals surface area contributed by atoms with E-state index in [9.17, 15) is 13.2 Å². The second kappa shape index (κ2) is 7.83. The molecule has 0 aromatic heterocycles. The molecule has 0 spiro atoms. The number of ketones is 1. The van der Waals surface area contributed by atoms with Crippen molar-refractivity contribution in [3.05, 3.63) is 76.5 Å². The van der Waals surface area contributed by atoms with E-state index in [0.717, 1.165) is 30.6 Å². The lowest BCUT2D eigenvalue weighted by Crippen LogP contribution is -2.46. The number of sulfonamides is 1. The maximum Gasteiger partial charge on any atom is 0.276 e. The lowest BCUT2D eigenvalue weighted by Gasteiger charge is -2.48. The van der Waals surface area contributed by atoms with Crippen molar-refractivity contribution < 1.29 is 13.2 Å². The van der Waals surface area contributed by atoms with Gasteiger partial charge in [0.25, 0.3) is 10.0 Å². The summed E-state index contributed by atoms with van der Waals surface area (Å²) < 4.78 is 25.8. The molecule has 2 heterocycles. The summed E-state index contributed by atoms with van der Waals surface area (Å²) in [4.78, 5) is 18.2. The molecule has 0 saturated carbocycles. The molecular weight excluding hydrogens is 434 g/mol. The van der Waals surface area contributed by atoms with Crippen LogP contribution < -0.4 is 4.83 Å². The molecular formula is C26H29N3O3S. The number of allylic oxidation sites excluding steroid dienone is 2. The molecule has 0 amide bonds. The minimum atomic E-state index is -3.83. The van der Waals surface area contributed by atoms with E-state index in [0.29, 0.717) is 24.1 Å². The molecule has 2 aromatic rings. The van der Waals surface area contributed by atoms with Crippen LogP contribution in [0, 0.1) is 12.3 Å². The highest BCUT2D eigenvalue weighted by atomic mass is 32.2. The smallest absolute Gasteiger partial charge is 0.276 e. The van der Waals surface area contributed by atoms with Crippen LogP contribution in [0.25, 0.3) is 0 Å². The number of nitrogens with zero attached hydrogens (tertiary/aromatic N) is 2. The van der Waals surface area contributed by atoms with Crippen molar-refractivity contribution in [3.8, 4) is 0 Å². The molecule has 1 N–H and O–H groups in total. The second-order valence-electron chi connectivity index (χ2n) is 10.1. The molecule has 0 unspecified atom stereocenters. The topological polar surface area (TPSA) is 78.8 Å². The molecule has 0 bridgehead atoms. The molecule has 172 valence electrons. The summed E-state index contributed by atoms with van der Waals surface area (Å²) in [6.07, 6.45) is 2.64. The minimum absolute atomic E-state index is 0.0480. The Kier molecular flexibility index (Phi) is 5.20. The molecule has 1 aliphatic carbocycles. The lowest BCUT2D eigenvalue weighted by molar-refractivity contribution is -0.118. The Labute approximate surface area is 195 Å². The van der Waals surface area contributed by atoms with Crippen LogP contribution in [0.1, 0.15) is 55.8 Å². The number of hydrogen-bond acceptors (Lipinski definition) is 5. The molecule has 0 saturated heterocycles. The van der Waals surface area contributed by atoms with Gasteiger partial charge in [-0.15, -0.1) is 0 Å². The van der Waals surface area contributed by atoms with E-state index in [1.54, 1.807) is 24.3 Å². The Morgan fingerprint density at radius 3 is 2.55 bits per heavy atom. The fraction of sp³-hybridized carbons (Fsp3) is 0.385. The van der Waals surface area contributed by atoms with Gasteiger partial charge >= 0.3 is 0 Å². The molecule has 0 radical (unpaired) electrons. The molecule has 3 aliphatic rings. The Morgan fingerprint density at radius 1 is 1.06 bits per heavy atom. The number of rotatable bonds is 3. The van der Waals surface area contributed by atoms with Gasteiger partial charge in [0, 0.05) is 25.1 Å². The predicted molar refractivity (Wildman–Crippen MR) is 128 cm³/mol. The number of hydrazone groups is 1. The maximum atomic E-state index is 13.3. The number of aryl methyl sites for hydroxylation is 1.